The van der Waals surface area contributed by atoms with Crippen molar-refractivity contribution >= 4 is 23.2 Å². The summed E-state index contributed by atoms with van der Waals surface area (Å²) in [7, 11) is 0. The molecule has 0 aliphatic rings. The maximum atomic E-state index is 12.9. The van der Waals surface area contributed by atoms with Gasteiger partial charge in [0, 0.05) is 11.8 Å². The second-order valence-electron chi connectivity index (χ2n) is 7.01. The van der Waals surface area contributed by atoms with Gasteiger partial charge in [-0.15, -0.1) is 11.3 Å². The maximum absolute atomic E-state index is 12.9. The number of amides is 2. The van der Waals surface area contributed by atoms with E-state index in [0.29, 0.717) is 5.92 Å². The molecule has 0 aliphatic carbocycles. The fourth-order valence-corrected chi connectivity index (χ4v) is 4.23. The first-order valence-corrected chi connectivity index (χ1v) is 10.5. The molecule has 0 fully saturated rings. The Morgan fingerprint density at radius 2 is 1.70 bits per heavy atom. The lowest BCUT2D eigenvalue weighted by Gasteiger charge is -2.27. The summed E-state index contributed by atoms with van der Waals surface area (Å²) in [6.45, 7) is 7.82. The average molecular weight is 387 g/mol. The molecule has 1 heterocycles. The van der Waals surface area contributed by atoms with Gasteiger partial charge in [0.25, 0.3) is 0 Å². The zero-order chi connectivity index (χ0) is 19.8. The zero-order valence-electron chi connectivity index (χ0n) is 16.6. The number of hydrogen-bond donors (Lipinski definition) is 2. The highest BCUT2D eigenvalue weighted by Gasteiger charge is 2.25. The van der Waals surface area contributed by atoms with Gasteiger partial charge in [0.05, 0.1) is 18.5 Å². The van der Waals surface area contributed by atoms with Crippen LogP contribution < -0.4 is 10.6 Å². The summed E-state index contributed by atoms with van der Waals surface area (Å²) in [4.78, 5) is 25.7. The van der Waals surface area contributed by atoms with E-state index in [2.05, 4.69) is 30.5 Å². The summed E-state index contributed by atoms with van der Waals surface area (Å²) in [5.74, 6) is 0.217. The molecular formula is C22H30N2O2S. The number of carbonyl (C=O) groups is 2. The summed E-state index contributed by atoms with van der Waals surface area (Å²) in [6.07, 6.45) is 2.24. The highest BCUT2D eigenvalue weighted by molar-refractivity contribution is 7.10. The van der Waals surface area contributed by atoms with Crippen molar-refractivity contribution in [3.63, 3.8) is 0 Å². The highest BCUT2D eigenvalue weighted by Crippen LogP contribution is 2.31. The molecule has 2 N–H and O–H groups in total. The van der Waals surface area contributed by atoms with Crippen LogP contribution >= 0.6 is 11.3 Å². The van der Waals surface area contributed by atoms with Gasteiger partial charge in [-0.1, -0.05) is 62.6 Å². The molecule has 0 spiro atoms. The Labute approximate surface area is 166 Å². The van der Waals surface area contributed by atoms with Crippen LogP contribution in [0.3, 0.4) is 0 Å². The molecule has 2 rings (SSSR count). The second-order valence-corrected chi connectivity index (χ2v) is 7.98. The lowest BCUT2D eigenvalue weighted by atomic mass is 9.92. The lowest BCUT2D eigenvalue weighted by Crippen LogP contribution is -2.36. The summed E-state index contributed by atoms with van der Waals surface area (Å²) >= 11 is 1.68. The van der Waals surface area contributed by atoms with E-state index in [1.807, 2.05) is 42.6 Å². The number of benzene rings is 1. The molecule has 0 radical (unpaired) electrons. The summed E-state index contributed by atoms with van der Waals surface area (Å²) in [6, 6.07) is 11.7. The van der Waals surface area contributed by atoms with Crippen molar-refractivity contribution in [2.24, 2.45) is 5.92 Å². The predicted molar refractivity (Wildman–Crippen MR) is 112 cm³/mol. The first kappa shape index (κ1) is 21.2. The van der Waals surface area contributed by atoms with Crippen molar-refractivity contribution in [2.75, 3.05) is 0 Å². The van der Waals surface area contributed by atoms with E-state index >= 15 is 0 Å². The molecule has 4 nitrogen and oxygen atoms in total. The average Bonchev–Trinajstić information content (AvgIpc) is 3.16. The molecular weight excluding hydrogens is 356 g/mol. The van der Waals surface area contributed by atoms with E-state index in [9.17, 15) is 9.59 Å². The van der Waals surface area contributed by atoms with Gasteiger partial charge in [0.15, 0.2) is 0 Å². The normalized spacial score (nSPS) is 13.2. The van der Waals surface area contributed by atoms with Gasteiger partial charge >= 0.3 is 0 Å². The van der Waals surface area contributed by atoms with Crippen molar-refractivity contribution in [3.05, 3.63) is 57.8 Å². The van der Waals surface area contributed by atoms with Gasteiger partial charge in [-0.3, -0.25) is 9.59 Å². The largest absolute Gasteiger partial charge is 0.349 e. The molecule has 27 heavy (non-hydrogen) atoms. The Morgan fingerprint density at radius 1 is 1.04 bits per heavy atom. The molecule has 1 aromatic carbocycles. The first-order chi connectivity index (χ1) is 12.9. The summed E-state index contributed by atoms with van der Waals surface area (Å²) in [5.41, 5.74) is 2.09. The Hall–Kier alpha value is -2.14. The molecule has 1 aromatic heterocycles. The van der Waals surface area contributed by atoms with E-state index in [1.54, 1.807) is 11.3 Å². The van der Waals surface area contributed by atoms with Crippen LogP contribution in [0.1, 0.15) is 68.1 Å². The maximum Gasteiger partial charge on any atom is 0.222 e. The molecule has 146 valence electrons. The van der Waals surface area contributed by atoms with E-state index in [4.69, 9.17) is 0 Å². The molecule has 2 unspecified atom stereocenters. The number of carbonyl (C=O) groups excluding carboxylic acids is 2. The molecule has 0 saturated heterocycles. The Kier molecular flexibility index (Phi) is 8.04. The van der Waals surface area contributed by atoms with Gasteiger partial charge in [0.2, 0.25) is 11.8 Å². The zero-order valence-corrected chi connectivity index (χ0v) is 17.4. The lowest BCUT2D eigenvalue weighted by molar-refractivity contribution is -0.123. The number of hydrogen-bond acceptors (Lipinski definition) is 3. The van der Waals surface area contributed by atoms with Crippen LogP contribution in [0.25, 0.3) is 0 Å². The predicted octanol–water partition coefficient (Wildman–Crippen LogP) is 4.92. The fourth-order valence-electron chi connectivity index (χ4n) is 3.36. The molecule has 5 heteroatoms. The Morgan fingerprint density at radius 3 is 2.22 bits per heavy atom. The van der Waals surface area contributed by atoms with Crippen molar-refractivity contribution in [1.29, 1.82) is 0 Å². The third-order valence-electron chi connectivity index (χ3n) is 4.93. The van der Waals surface area contributed by atoms with Crippen LogP contribution in [0.2, 0.25) is 0 Å². The van der Waals surface area contributed by atoms with Gasteiger partial charge in [-0.2, -0.15) is 0 Å². The van der Waals surface area contributed by atoms with Crippen molar-refractivity contribution in [1.82, 2.24) is 10.6 Å². The van der Waals surface area contributed by atoms with E-state index in [1.165, 1.54) is 11.8 Å². The third kappa shape index (κ3) is 6.21. The van der Waals surface area contributed by atoms with Crippen LogP contribution in [0.15, 0.2) is 41.8 Å². The van der Waals surface area contributed by atoms with Crippen LogP contribution in [-0.4, -0.2) is 11.8 Å². The van der Waals surface area contributed by atoms with Crippen LogP contribution in [0.4, 0.5) is 0 Å². The van der Waals surface area contributed by atoms with Crippen LogP contribution in [-0.2, 0) is 9.59 Å². The van der Waals surface area contributed by atoms with E-state index < -0.39 is 0 Å². The molecule has 0 saturated carbocycles. The van der Waals surface area contributed by atoms with Crippen molar-refractivity contribution in [2.45, 2.75) is 59.0 Å². The van der Waals surface area contributed by atoms with Crippen molar-refractivity contribution < 1.29 is 9.59 Å². The summed E-state index contributed by atoms with van der Waals surface area (Å²) < 4.78 is 0. The van der Waals surface area contributed by atoms with Gasteiger partial charge in [0.1, 0.15) is 0 Å². The molecule has 2 amide bonds. The Bertz CT molecular complexity index is 721. The fraction of sp³-hybridized carbons (Fsp3) is 0.455. The smallest absolute Gasteiger partial charge is 0.222 e. The minimum Gasteiger partial charge on any atom is -0.349 e. The summed E-state index contributed by atoms with van der Waals surface area (Å²) in [5, 5.41) is 8.19. The third-order valence-corrected chi connectivity index (χ3v) is 5.89. The minimum absolute atomic E-state index is 0.0171. The van der Waals surface area contributed by atoms with E-state index in [-0.39, 0.29) is 30.3 Å². The number of rotatable bonds is 9. The van der Waals surface area contributed by atoms with Crippen LogP contribution in [0.5, 0.6) is 0 Å². The Balaban J connectivity index is 2.15. The van der Waals surface area contributed by atoms with Gasteiger partial charge in [-0.05, 0) is 29.9 Å². The number of aryl methyl sites for hydroxylation is 1. The SMILES string of the molecule is CCC(CC)C(NC(=O)CC(NC(C)=O)c1ccc(C)cc1)c1cccs1. The molecule has 0 aliphatic heterocycles. The quantitative estimate of drug-likeness (QED) is 0.643. The molecule has 0 bridgehead atoms. The topological polar surface area (TPSA) is 58.2 Å². The van der Waals surface area contributed by atoms with E-state index in [0.717, 1.165) is 24.0 Å². The molecule has 2 aromatic rings. The highest BCUT2D eigenvalue weighted by atomic mass is 32.1. The standard InChI is InChI=1S/C22H30N2O2S/c1-5-17(6-2)22(20-8-7-13-27-20)24-21(26)14-19(23-16(4)25)18-11-9-15(3)10-12-18/h7-13,17,19,22H,5-6,14H2,1-4H3,(H,23,25)(H,24,26). The number of nitrogens with one attached hydrogen (secondary N) is 2. The van der Waals surface area contributed by atoms with Gasteiger partial charge in [-0.25, -0.2) is 0 Å². The van der Waals surface area contributed by atoms with Crippen molar-refractivity contribution in [3.8, 4) is 0 Å². The second kappa shape index (κ2) is 10.3. The minimum atomic E-state index is -0.325. The first-order valence-electron chi connectivity index (χ1n) is 9.61. The monoisotopic (exact) mass is 386 g/mol. The number of thiophene rings is 1. The van der Waals surface area contributed by atoms with Crippen LogP contribution in [0, 0.1) is 12.8 Å². The molecule has 2 atom stereocenters. The van der Waals surface area contributed by atoms with Gasteiger partial charge < -0.3 is 10.6 Å².